The van der Waals surface area contributed by atoms with Gasteiger partial charge in [0.25, 0.3) is 5.56 Å². The summed E-state index contributed by atoms with van der Waals surface area (Å²) in [5.41, 5.74) is 2.39. The van der Waals surface area contributed by atoms with Gasteiger partial charge in [-0.3, -0.25) is 4.79 Å². The Morgan fingerprint density at radius 2 is 2.14 bits per heavy atom. The summed E-state index contributed by atoms with van der Waals surface area (Å²) in [7, 11) is 0. The molecule has 7 rings (SSSR count). The fraction of sp³-hybridized carbons (Fsp3) is 0.444. The number of hydrogen-bond acceptors (Lipinski definition) is 9. The number of rotatable bonds is 3. The second kappa shape index (κ2) is 8.21. The van der Waals surface area contributed by atoms with Gasteiger partial charge in [0.05, 0.1) is 34.4 Å². The van der Waals surface area contributed by atoms with Gasteiger partial charge in [0.1, 0.15) is 18.1 Å². The summed E-state index contributed by atoms with van der Waals surface area (Å²) >= 11 is 1.97. The Balaban J connectivity index is 1.47. The van der Waals surface area contributed by atoms with E-state index in [1.807, 2.05) is 17.8 Å². The van der Waals surface area contributed by atoms with Gasteiger partial charge in [-0.25, -0.2) is 9.78 Å². The second-order valence-electron chi connectivity index (χ2n) is 10.1. The maximum Gasteiger partial charge on any atom is 0.343 e. The molecule has 2 aromatic heterocycles. The van der Waals surface area contributed by atoms with Gasteiger partial charge in [0.2, 0.25) is 6.79 Å². The molecule has 1 fully saturated rings. The summed E-state index contributed by atoms with van der Waals surface area (Å²) in [4.78, 5) is 31.3. The normalized spacial score (nSPS) is 24.4. The van der Waals surface area contributed by atoms with Crippen molar-refractivity contribution in [3.05, 3.63) is 50.8 Å². The summed E-state index contributed by atoms with van der Waals surface area (Å²) in [6.07, 6.45) is 0.101. The van der Waals surface area contributed by atoms with Gasteiger partial charge in [0.15, 0.2) is 5.60 Å². The van der Waals surface area contributed by atoms with Crippen LogP contribution in [-0.2, 0) is 28.3 Å². The smallest absolute Gasteiger partial charge is 0.343 e. The van der Waals surface area contributed by atoms with Crippen molar-refractivity contribution in [2.75, 3.05) is 25.6 Å². The first-order chi connectivity index (χ1) is 17.9. The van der Waals surface area contributed by atoms with Crippen molar-refractivity contribution in [1.82, 2.24) is 14.9 Å². The molecule has 4 aliphatic heterocycles. The fourth-order valence-corrected chi connectivity index (χ4v) is 7.28. The minimum atomic E-state index is -1.86. The molecule has 4 aliphatic rings. The van der Waals surface area contributed by atoms with Crippen molar-refractivity contribution >= 4 is 28.6 Å². The third-order valence-corrected chi connectivity index (χ3v) is 9.65. The van der Waals surface area contributed by atoms with Gasteiger partial charge in [-0.2, -0.15) is 11.8 Å². The number of cyclic esters (lactones) is 1. The molecule has 0 aliphatic carbocycles. The highest BCUT2D eigenvalue weighted by atomic mass is 32.2. The third-order valence-electron chi connectivity index (χ3n) is 8.21. The predicted molar refractivity (Wildman–Crippen MR) is 138 cm³/mol. The number of carbonyl (C=O) groups excluding carboxylic acids is 1. The summed E-state index contributed by atoms with van der Waals surface area (Å²) in [6, 6.07) is 5.82. The van der Waals surface area contributed by atoms with E-state index in [2.05, 4.69) is 18.3 Å². The Morgan fingerprint density at radius 1 is 1.27 bits per heavy atom. The highest BCUT2D eigenvalue weighted by molar-refractivity contribution is 8.00. The lowest BCUT2D eigenvalue weighted by molar-refractivity contribution is -0.172. The molecule has 10 heteroatoms. The zero-order chi connectivity index (χ0) is 25.5. The molecular weight excluding hydrogens is 494 g/mol. The molecule has 9 nitrogen and oxygen atoms in total. The van der Waals surface area contributed by atoms with Crippen LogP contribution in [0.4, 0.5) is 0 Å². The van der Waals surface area contributed by atoms with Crippen LogP contribution >= 0.6 is 11.8 Å². The highest BCUT2D eigenvalue weighted by Crippen LogP contribution is 2.48. The van der Waals surface area contributed by atoms with E-state index in [1.165, 1.54) is 0 Å². The predicted octanol–water partition coefficient (Wildman–Crippen LogP) is 2.62. The minimum absolute atomic E-state index is 0.0789. The maximum absolute atomic E-state index is 13.6. The molecule has 0 unspecified atom stereocenters. The van der Waals surface area contributed by atoms with E-state index in [-0.39, 0.29) is 37.8 Å². The van der Waals surface area contributed by atoms with Crippen LogP contribution < -0.4 is 20.3 Å². The lowest BCUT2D eigenvalue weighted by atomic mass is 9.86. The van der Waals surface area contributed by atoms with Crippen molar-refractivity contribution in [3.63, 3.8) is 0 Å². The number of carbonyl (C=O) groups is 1. The van der Waals surface area contributed by atoms with Crippen LogP contribution in [0.5, 0.6) is 11.5 Å². The van der Waals surface area contributed by atoms with Crippen LogP contribution in [0.1, 0.15) is 48.4 Å². The van der Waals surface area contributed by atoms with Gasteiger partial charge in [0, 0.05) is 35.2 Å². The molecule has 3 aromatic rings. The third kappa shape index (κ3) is 3.15. The number of pyridine rings is 2. The molecule has 0 spiro atoms. The Bertz CT molecular complexity index is 1550. The summed E-state index contributed by atoms with van der Waals surface area (Å²) in [5.74, 6) is 1.96. The first-order valence-electron chi connectivity index (χ1n) is 12.7. The number of aliphatic hydroxyl groups is 1. The zero-order valence-corrected chi connectivity index (χ0v) is 21.4. The van der Waals surface area contributed by atoms with Crippen molar-refractivity contribution in [1.29, 1.82) is 0 Å². The first kappa shape index (κ1) is 23.1. The number of fused-ring (bicyclic) bond motifs is 5. The van der Waals surface area contributed by atoms with E-state index >= 15 is 0 Å². The summed E-state index contributed by atoms with van der Waals surface area (Å²) < 4.78 is 18.7. The molecule has 0 amide bonds. The standard InChI is InChI=1S/C27H27N3O6S/c1-3-27(33)17-8-18-22-15(10-30(18)25(31)16(17)11-34-26(27)32)24-21-19(35-12-36-24)5-4-14(23(21)29-22)13(2)20-9-28-6-7-37-20/h4-5,8,13,20,28,33H,3,6-7,9-12H2,1-2H3/t13-,20+,27-/m0/s1. The molecule has 192 valence electrons. The molecule has 2 N–H and O–H groups in total. The van der Waals surface area contributed by atoms with Crippen molar-refractivity contribution in [3.8, 4) is 22.9 Å². The largest absolute Gasteiger partial charge is 0.458 e. The molecule has 3 atom stereocenters. The van der Waals surface area contributed by atoms with E-state index in [4.69, 9.17) is 19.2 Å². The molecule has 0 bridgehead atoms. The maximum atomic E-state index is 13.6. The topological polar surface area (TPSA) is 112 Å². The number of nitrogens with one attached hydrogen (secondary N) is 1. The highest BCUT2D eigenvalue weighted by Gasteiger charge is 2.46. The van der Waals surface area contributed by atoms with Crippen LogP contribution in [-0.4, -0.2) is 51.5 Å². The molecule has 1 aromatic carbocycles. The minimum Gasteiger partial charge on any atom is -0.458 e. The lowest BCUT2D eigenvalue weighted by Gasteiger charge is -2.31. The van der Waals surface area contributed by atoms with E-state index in [1.54, 1.807) is 17.6 Å². The first-order valence-corrected chi connectivity index (χ1v) is 13.7. The van der Waals surface area contributed by atoms with Gasteiger partial charge in [-0.1, -0.05) is 19.9 Å². The Hall–Kier alpha value is -3.08. The summed E-state index contributed by atoms with van der Waals surface area (Å²) in [5, 5.41) is 15.9. The van der Waals surface area contributed by atoms with E-state index in [0.29, 0.717) is 33.5 Å². The zero-order valence-electron chi connectivity index (χ0n) is 20.6. The van der Waals surface area contributed by atoms with Gasteiger partial charge in [-0.15, -0.1) is 0 Å². The second-order valence-corrected chi connectivity index (χ2v) is 11.4. The van der Waals surface area contributed by atoms with Crippen LogP contribution in [0.3, 0.4) is 0 Å². The van der Waals surface area contributed by atoms with Crippen molar-refractivity contribution < 1.29 is 24.1 Å². The summed E-state index contributed by atoms with van der Waals surface area (Å²) in [6.45, 7) is 6.08. The molecule has 1 saturated heterocycles. The number of hydrogen-bond donors (Lipinski definition) is 2. The lowest BCUT2D eigenvalue weighted by Crippen LogP contribution is -2.44. The van der Waals surface area contributed by atoms with E-state index < -0.39 is 11.6 Å². The van der Waals surface area contributed by atoms with Gasteiger partial charge >= 0.3 is 5.97 Å². The van der Waals surface area contributed by atoms with Crippen LogP contribution in [0.15, 0.2) is 23.0 Å². The Morgan fingerprint density at radius 3 is 2.92 bits per heavy atom. The number of ether oxygens (including phenoxy) is 3. The Kier molecular flexibility index (Phi) is 5.12. The van der Waals surface area contributed by atoms with Crippen LogP contribution in [0, 0.1) is 0 Å². The molecule has 6 heterocycles. The van der Waals surface area contributed by atoms with Gasteiger partial charge in [-0.05, 0) is 30.0 Å². The monoisotopic (exact) mass is 521 g/mol. The molecular formula is C27H27N3O6S. The molecule has 0 radical (unpaired) electrons. The van der Waals surface area contributed by atoms with E-state index in [0.717, 1.165) is 46.6 Å². The van der Waals surface area contributed by atoms with Crippen LogP contribution in [0.25, 0.3) is 22.3 Å². The quantitative estimate of drug-likeness (QED) is 0.393. The average molecular weight is 522 g/mol. The van der Waals surface area contributed by atoms with E-state index in [9.17, 15) is 14.7 Å². The molecule has 0 saturated carbocycles. The molecule has 37 heavy (non-hydrogen) atoms. The number of nitrogens with zero attached hydrogens (tertiary/aromatic N) is 2. The van der Waals surface area contributed by atoms with Crippen LogP contribution in [0.2, 0.25) is 0 Å². The van der Waals surface area contributed by atoms with Gasteiger partial charge < -0.3 is 29.2 Å². The Labute approximate surface area is 217 Å². The number of esters is 1. The number of thioether (sulfide) groups is 1. The average Bonchev–Trinajstić information content (AvgIpc) is 3.31. The number of benzene rings is 1. The van der Waals surface area contributed by atoms with Crippen molar-refractivity contribution in [2.24, 2.45) is 0 Å². The van der Waals surface area contributed by atoms with Crippen molar-refractivity contribution in [2.45, 2.75) is 50.2 Å². The number of aromatic nitrogens is 2. The SMILES string of the molecule is CC[C@@]1(O)C(=O)OCc2c1cc1n(c2=O)Cc2c-1nc1c([C@H](C)[C@H]3CNCCS3)ccc3c1c2OCO3. The fourth-order valence-electron chi connectivity index (χ4n) is 6.04.